The molecular weight excluding hydrogens is 449 g/mol. The van der Waals surface area contributed by atoms with E-state index in [-0.39, 0.29) is 28.8 Å². The summed E-state index contributed by atoms with van der Waals surface area (Å²) in [6, 6.07) is 2.35. The first kappa shape index (κ1) is 20.6. The van der Waals surface area contributed by atoms with Crippen molar-refractivity contribution in [2.75, 3.05) is 0 Å². The quantitative estimate of drug-likeness (QED) is 0.449. The van der Waals surface area contributed by atoms with Crippen LogP contribution in [0.25, 0.3) is 11.3 Å². The van der Waals surface area contributed by atoms with Crippen molar-refractivity contribution in [1.29, 1.82) is 0 Å². The minimum Gasteiger partial charge on any atom is -0.391 e. The maximum atomic E-state index is 13.1. The molecule has 1 aliphatic carbocycles. The highest BCUT2D eigenvalue weighted by Gasteiger charge is 2.33. The van der Waals surface area contributed by atoms with Gasteiger partial charge >= 0.3 is 12.3 Å². The zero-order valence-electron chi connectivity index (χ0n) is 16.6. The van der Waals surface area contributed by atoms with Gasteiger partial charge in [-0.15, -0.1) is 0 Å². The number of carbonyl (C=O) groups is 1. The van der Waals surface area contributed by atoms with Gasteiger partial charge in [-0.3, -0.25) is 0 Å². The van der Waals surface area contributed by atoms with E-state index in [4.69, 9.17) is 16.3 Å². The number of imidazole rings is 1. The molecule has 0 atom stereocenters. The molecule has 1 fully saturated rings. The minimum absolute atomic E-state index is 0.0463. The molecule has 4 aromatic heterocycles. The molecule has 1 aliphatic rings. The molecule has 1 N–H and O–H groups in total. The second-order valence-electron chi connectivity index (χ2n) is 7.64. The average Bonchev–Trinajstić information content (AvgIpc) is 3.33. The monoisotopic (exact) mass is 464 g/mol. The lowest BCUT2D eigenvalue weighted by Gasteiger charge is -2.09. The summed E-state index contributed by atoms with van der Waals surface area (Å²) in [5, 5.41) is 6.94. The smallest absolute Gasteiger partial charge is 0.391 e. The lowest BCUT2D eigenvalue weighted by molar-refractivity contribution is -0.138. The minimum atomic E-state index is -4.47. The van der Waals surface area contributed by atoms with Crippen molar-refractivity contribution in [3.8, 4) is 5.88 Å². The summed E-state index contributed by atoms with van der Waals surface area (Å²) in [7, 11) is 0. The predicted octanol–water partition coefficient (Wildman–Crippen LogP) is 4.52. The summed E-state index contributed by atoms with van der Waals surface area (Å²) in [4.78, 5) is 20.7. The van der Waals surface area contributed by atoms with Gasteiger partial charge in [0.15, 0.2) is 5.65 Å². The molecule has 4 heterocycles. The van der Waals surface area contributed by atoms with Crippen molar-refractivity contribution in [2.24, 2.45) is 0 Å². The fourth-order valence-corrected chi connectivity index (χ4v) is 3.73. The maximum Gasteiger partial charge on any atom is 0.416 e. The number of rotatable bonds is 4. The van der Waals surface area contributed by atoms with Crippen LogP contribution in [0.5, 0.6) is 5.88 Å². The summed E-state index contributed by atoms with van der Waals surface area (Å²) < 4.78 is 47.5. The Morgan fingerprint density at radius 2 is 2.06 bits per heavy atom. The molecule has 0 unspecified atom stereocenters. The first-order chi connectivity index (χ1) is 15.2. The normalized spacial score (nSPS) is 14.3. The van der Waals surface area contributed by atoms with E-state index >= 15 is 0 Å². The van der Waals surface area contributed by atoms with Crippen LogP contribution >= 0.6 is 11.6 Å². The number of hydrogen-bond donors (Lipinski definition) is 1. The van der Waals surface area contributed by atoms with E-state index in [1.165, 1.54) is 28.1 Å². The number of nitrogens with one attached hydrogen (secondary N) is 1. The summed E-state index contributed by atoms with van der Waals surface area (Å²) in [6.07, 6.45) is 1.42. The molecule has 4 aromatic rings. The van der Waals surface area contributed by atoms with Gasteiger partial charge in [0.05, 0.1) is 24.0 Å². The van der Waals surface area contributed by atoms with E-state index in [1.807, 2.05) is 0 Å². The number of carbonyl (C=O) groups excluding carboxylic acids is 1. The summed E-state index contributed by atoms with van der Waals surface area (Å²) in [5.74, 6) is 0.488. The molecule has 12 heteroatoms. The van der Waals surface area contributed by atoms with Gasteiger partial charge in [0.1, 0.15) is 10.8 Å². The summed E-state index contributed by atoms with van der Waals surface area (Å²) in [5.41, 5.74) is 1.31. The lowest BCUT2D eigenvalue weighted by atomic mass is 10.1. The van der Waals surface area contributed by atoms with E-state index in [0.717, 1.165) is 24.5 Å². The number of aromatic nitrogens is 5. The largest absolute Gasteiger partial charge is 0.416 e. The third-order valence-corrected chi connectivity index (χ3v) is 5.40. The highest BCUT2D eigenvalue weighted by molar-refractivity contribution is 6.29. The van der Waals surface area contributed by atoms with Gasteiger partial charge in [-0.2, -0.15) is 22.8 Å². The highest BCUT2D eigenvalue weighted by Crippen LogP contribution is 2.42. The van der Waals surface area contributed by atoms with Crippen LogP contribution in [0.3, 0.4) is 0 Å². The molecule has 0 radical (unpaired) electrons. The van der Waals surface area contributed by atoms with Crippen molar-refractivity contribution in [1.82, 2.24) is 29.3 Å². The highest BCUT2D eigenvalue weighted by atomic mass is 35.5. The molecule has 32 heavy (non-hydrogen) atoms. The Labute approximate surface area is 184 Å². The maximum absolute atomic E-state index is 13.1. The third kappa shape index (κ3) is 3.83. The summed E-state index contributed by atoms with van der Waals surface area (Å²) >= 11 is 6.08. The Morgan fingerprint density at radius 1 is 1.28 bits per heavy atom. The van der Waals surface area contributed by atoms with Crippen molar-refractivity contribution in [3.63, 3.8) is 0 Å². The van der Waals surface area contributed by atoms with E-state index in [0.29, 0.717) is 17.3 Å². The third-order valence-electron chi connectivity index (χ3n) is 5.21. The van der Waals surface area contributed by atoms with Crippen LogP contribution < -0.4 is 10.1 Å². The second-order valence-corrected chi connectivity index (χ2v) is 8.02. The fraction of sp³-hybridized carbons (Fsp3) is 0.300. The molecule has 166 valence electrons. The zero-order valence-corrected chi connectivity index (χ0v) is 17.4. The van der Waals surface area contributed by atoms with Gasteiger partial charge < -0.3 is 14.5 Å². The number of hydrogen-bond acceptors (Lipinski definition) is 5. The summed E-state index contributed by atoms with van der Waals surface area (Å²) in [6.45, 7) is 1.33. The molecule has 0 spiro atoms. The number of alkyl halides is 3. The number of aryl methyl sites for hydroxylation is 1. The Hall–Kier alpha value is -3.34. The van der Waals surface area contributed by atoms with Gasteiger partial charge in [-0.1, -0.05) is 11.6 Å². The van der Waals surface area contributed by atoms with Crippen LogP contribution in [0.1, 0.15) is 41.1 Å². The van der Waals surface area contributed by atoms with Crippen LogP contribution in [0, 0.1) is 6.92 Å². The van der Waals surface area contributed by atoms with Crippen molar-refractivity contribution >= 4 is 29.0 Å². The molecule has 8 nitrogen and oxygen atoms in total. The predicted molar refractivity (Wildman–Crippen MR) is 108 cm³/mol. The van der Waals surface area contributed by atoms with Crippen LogP contribution in [-0.2, 0) is 12.7 Å². The zero-order chi connectivity index (χ0) is 22.6. The first-order valence-corrected chi connectivity index (χ1v) is 10.1. The van der Waals surface area contributed by atoms with Crippen molar-refractivity contribution in [2.45, 2.75) is 38.4 Å². The molecule has 1 amide bonds. The van der Waals surface area contributed by atoms with Gasteiger partial charge in [0.25, 0.3) is 0 Å². The second kappa shape index (κ2) is 7.37. The van der Waals surface area contributed by atoms with Crippen LogP contribution in [0.2, 0.25) is 5.15 Å². The van der Waals surface area contributed by atoms with E-state index in [2.05, 4.69) is 20.4 Å². The van der Waals surface area contributed by atoms with Gasteiger partial charge in [-0.25, -0.2) is 14.8 Å². The molecule has 0 saturated heterocycles. The average molecular weight is 465 g/mol. The number of fused-ring (bicyclic) bond motifs is 2. The molecule has 1 saturated carbocycles. The number of ether oxygens (including phenoxy) is 1. The SMILES string of the molecule is Cc1cn2cc(CNC(=O)Oc3cc(Cl)nc4c(C5CC5)cnn34)nc2cc1C(F)(F)F. The van der Waals surface area contributed by atoms with Gasteiger partial charge in [0.2, 0.25) is 5.88 Å². The number of amides is 1. The number of halogens is 4. The van der Waals surface area contributed by atoms with Gasteiger partial charge in [-0.05, 0) is 37.3 Å². The Balaban J connectivity index is 1.32. The lowest BCUT2D eigenvalue weighted by Crippen LogP contribution is -2.27. The van der Waals surface area contributed by atoms with Gasteiger partial charge in [0, 0.05) is 24.0 Å². The van der Waals surface area contributed by atoms with Crippen LogP contribution in [0.4, 0.5) is 18.0 Å². The molecule has 0 aliphatic heterocycles. The molecule has 0 aromatic carbocycles. The molecule has 5 rings (SSSR count). The Bertz CT molecular complexity index is 1360. The van der Waals surface area contributed by atoms with Crippen molar-refractivity contribution < 1.29 is 22.7 Å². The van der Waals surface area contributed by atoms with E-state index in [1.54, 1.807) is 12.4 Å². The van der Waals surface area contributed by atoms with E-state index < -0.39 is 17.8 Å². The molecule has 0 bridgehead atoms. The van der Waals surface area contributed by atoms with E-state index in [9.17, 15) is 18.0 Å². The standard InChI is InChI=1S/C20H16ClF3N6O2/c1-10-8-29-9-12(27-16(29)4-14(10)20(22,23)24)6-25-19(31)32-17-5-15(21)28-18-13(11-2-3-11)7-26-30(17)18/h4-5,7-9,11H,2-3,6H2,1H3,(H,25,31). The fourth-order valence-electron chi connectivity index (χ4n) is 3.56. The topological polar surface area (TPSA) is 85.8 Å². The Kier molecular flexibility index (Phi) is 4.73. The first-order valence-electron chi connectivity index (χ1n) is 9.74. The van der Waals surface area contributed by atoms with Crippen molar-refractivity contribution in [3.05, 3.63) is 58.3 Å². The van der Waals surface area contributed by atoms with Crippen LogP contribution in [0.15, 0.2) is 30.7 Å². The Morgan fingerprint density at radius 3 is 2.78 bits per heavy atom. The van der Waals surface area contributed by atoms with Crippen LogP contribution in [-0.4, -0.2) is 30.1 Å². The molecular formula is C20H16ClF3N6O2. The number of nitrogens with zero attached hydrogens (tertiary/aromatic N) is 5. The number of pyridine rings is 1.